The molecular formula is C20H25Cl2N3O3. The Morgan fingerprint density at radius 1 is 1.29 bits per heavy atom. The Balaban J connectivity index is 1.65. The first-order chi connectivity index (χ1) is 13.0. The van der Waals surface area contributed by atoms with Gasteiger partial charge in [-0.25, -0.2) is 4.79 Å². The molecule has 3 rings (SSSR count). The smallest absolute Gasteiger partial charge is 0.325 e. The summed E-state index contributed by atoms with van der Waals surface area (Å²) in [6.07, 6.45) is 2.17. The molecule has 2 N–H and O–H groups in total. The molecule has 1 aromatic rings. The quantitative estimate of drug-likeness (QED) is 0.720. The van der Waals surface area contributed by atoms with Crippen molar-refractivity contribution in [3.05, 3.63) is 33.8 Å². The molecule has 2 aliphatic rings. The largest absolute Gasteiger partial charge is 0.350 e. The second kappa shape index (κ2) is 7.56. The summed E-state index contributed by atoms with van der Waals surface area (Å²) in [5.74, 6) is -0.416. The Hall–Kier alpha value is -1.79. The molecule has 1 aromatic carbocycles. The van der Waals surface area contributed by atoms with E-state index in [1.807, 2.05) is 0 Å². The molecule has 2 atom stereocenters. The van der Waals surface area contributed by atoms with Gasteiger partial charge >= 0.3 is 6.03 Å². The van der Waals surface area contributed by atoms with Gasteiger partial charge in [0.15, 0.2) is 0 Å². The number of carbonyl (C=O) groups is 3. The molecular weight excluding hydrogens is 401 g/mol. The van der Waals surface area contributed by atoms with Crippen LogP contribution in [0.25, 0.3) is 0 Å². The van der Waals surface area contributed by atoms with Gasteiger partial charge in [-0.05, 0) is 48.3 Å². The Labute approximate surface area is 174 Å². The van der Waals surface area contributed by atoms with Crippen LogP contribution < -0.4 is 10.6 Å². The third-order valence-electron chi connectivity index (χ3n) is 5.42. The van der Waals surface area contributed by atoms with Crippen LogP contribution in [0.2, 0.25) is 10.0 Å². The van der Waals surface area contributed by atoms with Gasteiger partial charge in [-0.15, -0.1) is 0 Å². The number of imide groups is 1. The van der Waals surface area contributed by atoms with E-state index < -0.39 is 17.5 Å². The molecule has 1 heterocycles. The number of hydrogen-bond acceptors (Lipinski definition) is 3. The first-order valence-corrected chi connectivity index (χ1v) is 10.1. The normalized spacial score (nSPS) is 26.5. The van der Waals surface area contributed by atoms with Crippen LogP contribution >= 0.6 is 23.2 Å². The summed E-state index contributed by atoms with van der Waals surface area (Å²) in [6, 6.07) is 4.49. The maximum Gasteiger partial charge on any atom is 0.325 e. The summed E-state index contributed by atoms with van der Waals surface area (Å²) in [4.78, 5) is 38.9. The minimum Gasteiger partial charge on any atom is -0.350 e. The Bertz CT molecular complexity index is 827. The predicted octanol–water partition coefficient (Wildman–Crippen LogP) is 3.75. The third kappa shape index (κ3) is 4.28. The van der Waals surface area contributed by atoms with Crippen molar-refractivity contribution in [2.45, 2.75) is 52.1 Å². The molecule has 8 heteroatoms. The Morgan fingerprint density at radius 3 is 2.64 bits per heavy atom. The van der Waals surface area contributed by atoms with Gasteiger partial charge in [-0.3, -0.25) is 14.5 Å². The number of carbonyl (C=O) groups excluding carboxylic acids is 3. The molecule has 4 amide bonds. The Kier molecular flexibility index (Phi) is 5.65. The molecule has 2 fully saturated rings. The fraction of sp³-hybridized carbons (Fsp3) is 0.550. The van der Waals surface area contributed by atoms with Crippen LogP contribution in [0, 0.1) is 11.3 Å². The van der Waals surface area contributed by atoms with Crippen molar-refractivity contribution in [1.29, 1.82) is 0 Å². The third-order valence-corrected chi connectivity index (χ3v) is 6.00. The van der Waals surface area contributed by atoms with Crippen molar-refractivity contribution in [3.8, 4) is 0 Å². The van der Waals surface area contributed by atoms with Crippen LogP contribution in [0.15, 0.2) is 18.2 Å². The second-order valence-corrected chi connectivity index (χ2v) is 9.61. The lowest BCUT2D eigenvalue weighted by Crippen LogP contribution is -2.54. The van der Waals surface area contributed by atoms with Crippen LogP contribution in [0.5, 0.6) is 0 Å². The van der Waals surface area contributed by atoms with E-state index in [-0.39, 0.29) is 24.4 Å². The van der Waals surface area contributed by atoms with Crippen LogP contribution in [-0.4, -0.2) is 34.8 Å². The van der Waals surface area contributed by atoms with Gasteiger partial charge in [0.2, 0.25) is 5.91 Å². The van der Waals surface area contributed by atoms with Crippen molar-refractivity contribution in [2.75, 3.05) is 6.54 Å². The number of rotatable bonds is 4. The standard InChI is InChI=1S/C20H25Cl2N3O3/c1-12-7-19(2,3)11-20(8-12)17(27)25(18(28)24-20)10-16(26)23-9-13-4-5-14(21)6-15(13)22/h4-6,12H,7-11H2,1-3H3,(H,23,26)(H,24,28). The monoisotopic (exact) mass is 425 g/mol. The first-order valence-electron chi connectivity index (χ1n) is 9.36. The van der Waals surface area contributed by atoms with Crippen LogP contribution in [-0.2, 0) is 16.1 Å². The van der Waals surface area contributed by atoms with E-state index in [0.717, 1.165) is 11.3 Å². The van der Waals surface area contributed by atoms with Crippen molar-refractivity contribution in [3.63, 3.8) is 0 Å². The van der Waals surface area contributed by atoms with Crippen molar-refractivity contribution >= 4 is 41.0 Å². The van der Waals surface area contributed by atoms with E-state index in [0.29, 0.717) is 34.4 Å². The maximum atomic E-state index is 13.1. The molecule has 0 bridgehead atoms. The van der Waals surface area contributed by atoms with E-state index in [1.165, 1.54) is 0 Å². The Morgan fingerprint density at radius 2 is 2.00 bits per heavy atom. The average molecular weight is 426 g/mol. The molecule has 0 radical (unpaired) electrons. The number of benzene rings is 1. The highest BCUT2D eigenvalue weighted by molar-refractivity contribution is 6.35. The van der Waals surface area contributed by atoms with E-state index in [4.69, 9.17) is 23.2 Å². The lowest BCUT2D eigenvalue weighted by molar-refractivity contribution is -0.137. The highest BCUT2D eigenvalue weighted by atomic mass is 35.5. The SMILES string of the molecule is CC1CC(C)(C)CC2(C1)NC(=O)N(CC(=O)NCc1ccc(Cl)cc1Cl)C2=O. The van der Waals surface area contributed by atoms with E-state index in [1.54, 1.807) is 18.2 Å². The molecule has 6 nitrogen and oxygen atoms in total. The summed E-state index contributed by atoms with van der Waals surface area (Å²) in [5, 5.41) is 6.53. The molecule has 1 aliphatic carbocycles. The van der Waals surface area contributed by atoms with Gasteiger partial charge in [-0.1, -0.05) is 50.0 Å². The molecule has 1 spiro atoms. The zero-order valence-corrected chi connectivity index (χ0v) is 17.8. The van der Waals surface area contributed by atoms with Crippen LogP contribution in [0.4, 0.5) is 4.79 Å². The molecule has 1 aliphatic heterocycles. The molecule has 28 heavy (non-hydrogen) atoms. The highest BCUT2D eigenvalue weighted by Gasteiger charge is 2.56. The zero-order chi connectivity index (χ0) is 20.7. The number of nitrogens with one attached hydrogen (secondary N) is 2. The van der Waals surface area contributed by atoms with Gasteiger partial charge in [0.25, 0.3) is 5.91 Å². The minimum atomic E-state index is -0.905. The molecule has 0 aromatic heterocycles. The van der Waals surface area contributed by atoms with E-state index in [2.05, 4.69) is 31.4 Å². The minimum absolute atomic E-state index is 0.0514. The van der Waals surface area contributed by atoms with Gasteiger partial charge in [0.05, 0.1) is 0 Å². The second-order valence-electron chi connectivity index (χ2n) is 8.77. The first kappa shape index (κ1) is 20.9. The molecule has 2 unspecified atom stereocenters. The summed E-state index contributed by atoms with van der Waals surface area (Å²) in [7, 11) is 0. The number of hydrogen-bond donors (Lipinski definition) is 2. The van der Waals surface area contributed by atoms with E-state index >= 15 is 0 Å². The van der Waals surface area contributed by atoms with Crippen LogP contribution in [0.3, 0.4) is 0 Å². The maximum absolute atomic E-state index is 13.1. The summed E-state index contributed by atoms with van der Waals surface area (Å²) in [5.41, 5.74) is -0.252. The lowest BCUT2D eigenvalue weighted by atomic mass is 9.64. The van der Waals surface area contributed by atoms with Crippen molar-refractivity contribution in [2.24, 2.45) is 11.3 Å². The van der Waals surface area contributed by atoms with Gasteiger partial charge in [-0.2, -0.15) is 0 Å². The van der Waals surface area contributed by atoms with Crippen molar-refractivity contribution in [1.82, 2.24) is 15.5 Å². The van der Waals surface area contributed by atoms with Crippen molar-refractivity contribution < 1.29 is 14.4 Å². The number of amides is 4. The number of halogens is 2. The highest BCUT2D eigenvalue weighted by Crippen LogP contribution is 2.46. The number of urea groups is 1. The molecule has 1 saturated heterocycles. The lowest BCUT2D eigenvalue weighted by Gasteiger charge is -2.43. The summed E-state index contributed by atoms with van der Waals surface area (Å²) >= 11 is 12.0. The molecule has 1 saturated carbocycles. The predicted molar refractivity (Wildman–Crippen MR) is 108 cm³/mol. The van der Waals surface area contributed by atoms with Gasteiger partial charge in [0, 0.05) is 16.6 Å². The van der Waals surface area contributed by atoms with E-state index in [9.17, 15) is 14.4 Å². The summed E-state index contributed by atoms with van der Waals surface area (Å²) in [6.45, 7) is 6.18. The average Bonchev–Trinajstić information content (AvgIpc) is 2.75. The fourth-order valence-corrected chi connectivity index (χ4v) is 5.18. The fourth-order valence-electron chi connectivity index (χ4n) is 4.71. The van der Waals surface area contributed by atoms with Crippen LogP contribution in [0.1, 0.15) is 45.6 Å². The van der Waals surface area contributed by atoms with Gasteiger partial charge < -0.3 is 10.6 Å². The zero-order valence-electron chi connectivity index (χ0n) is 16.3. The summed E-state index contributed by atoms with van der Waals surface area (Å²) < 4.78 is 0. The number of nitrogens with zero attached hydrogens (tertiary/aromatic N) is 1. The topological polar surface area (TPSA) is 78.5 Å². The molecule has 152 valence electrons. The van der Waals surface area contributed by atoms with Gasteiger partial charge in [0.1, 0.15) is 12.1 Å².